The molecule has 1 N–H and O–H groups in total. The van der Waals surface area contributed by atoms with E-state index < -0.39 is 17.7 Å². The van der Waals surface area contributed by atoms with Gasteiger partial charge in [0, 0.05) is 19.2 Å². The summed E-state index contributed by atoms with van der Waals surface area (Å²) in [5, 5.41) is 7.90. The summed E-state index contributed by atoms with van der Waals surface area (Å²) < 4.78 is 43.6. The van der Waals surface area contributed by atoms with Gasteiger partial charge in [-0.05, 0) is 49.4 Å². The van der Waals surface area contributed by atoms with Crippen LogP contribution in [0.15, 0.2) is 42.9 Å². The Morgan fingerprint density at radius 3 is 2.29 bits per heavy atom. The first-order chi connectivity index (χ1) is 16.0. The van der Waals surface area contributed by atoms with Crippen molar-refractivity contribution in [2.45, 2.75) is 45.7 Å². The van der Waals surface area contributed by atoms with Crippen molar-refractivity contribution in [1.29, 1.82) is 0 Å². The predicted molar refractivity (Wildman–Crippen MR) is 123 cm³/mol. The number of aliphatic carboxylic acids is 1. The second-order valence-corrected chi connectivity index (χ2v) is 7.84. The Bertz CT molecular complexity index is 1110. The molecular formula is C23H22Cl2F3N3O3. The first-order valence-corrected chi connectivity index (χ1v) is 10.9. The Morgan fingerprint density at radius 1 is 1.06 bits per heavy atom. The fourth-order valence-electron chi connectivity index (χ4n) is 2.82. The number of carboxylic acids is 1. The van der Waals surface area contributed by atoms with Gasteiger partial charge in [0.1, 0.15) is 12.1 Å². The van der Waals surface area contributed by atoms with Gasteiger partial charge < -0.3 is 9.84 Å². The Kier molecular flexibility index (Phi) is 10.1. The maximum Gasteiger partial charge on any atom is 0.416 e. The molecule has 3 aromatic rings. The first kappa shape index (κ1) is 27.3. The molecular weight excluding hydrogens is 494 g/mol. The minimum atomic E-state index is -4.46. The molecule has 0 aliphatic heterocycles. The molecule has 0 radical (unpaired) electrons. The van der Waals surface area contributed by atoms with Crippen LogP contribution in [-0.2, 0) is 30.2 Å². The van der Waals surface area contributed by atoms with E-state index in [-0.39, 0.29) is 16.7 Å². The number of rotatable bonds is 7. The number of carboxylic acid groups (broad SMARTS) is 1. The van der Waals surface area contributed by atoms with Crippen LogP contribution < -0.4 is 4.74 Å². The van der Waals surface area contributed by atoms with Crippen LogP contribution in [0.2, 0.25) is 10.0 Å². The number of aromatic nitrogens is 3. The molecule has 11 heteroatoms. The average Bonchev–Trinajstić information content (AvgIpc) is 2.76. The van der Waals surface area contributed by atoms with E-state index >= 15 is 0 Å². The lowest BCUT2D eigenvalue weighted by Gasteiger charge is -2.11. The maximum absolute atomic E-state index is 12.7. The number of carbonyl (C=O) groups is 1. The lowest BCUT2D eigenvalue weighted by molar-refractivity contribution is -0.137. The number of alkyl halides is 3. The van der Waals surface area contributed by atoms with Gasteiger partial charge in [-0.2, -0.15) is 13.2 Å². The van der Waals surface area contributed by atoms with E-state index in [1.54, 1.807) is 12.3 Å². The number of nitrogens with zero attached hydrogens (tertiary/aromatic N) is 3. The molecule has 0 saturated carbocycles. The standard InChI is InChI=1S/C21H18Cl2F3N3O.C2H4O2/c1-2-16-20(23)17(29-12-28-16)5-3-4-13-6-9-19(27-11-13)30-18-8-7-14(10-15(18)22)21(24,25)26;1-2(3)4/h6-12H,2-5H2,1H3;1H3,(H,3,4). The van der Waals surface area contributed by atoms with Crippen LogP contribution in [0.3, 0.4) is 0 Å². The zero-order valence-corrected chi connectivity index (χ0v) is 19.9. The van der Waals surface area contributed by atoms with E-state index in [1.807, 2.05) is 13.0 Å². The molecule has 2 heterocycles. The molecule has 34 heavy (non-hydrogen) atoms. The van der Waals surface area contributed by atoms with Gasteiger partial charge in [0.15, 0.2) is 0 Å². The minimum absolute atomic E-state index is 0.107. The Balaban J connectivity index is 0.000000945. The van der Waals surface area contributed by atoms with Crippen LogP contribution in [0, 0.1) is 0 Å². The lowest BCUT2D eigenvalue weighted by atomic mass is 10.1. The average molecular weight is 516 g/mol. The Hall–Kier alpha value is -2.91. The quantitative estimate of drug-likeness (QED) is 0.371. The van der Waals surface area contributed by atoms with E-state index in [4.69, 9.17) is 37.8 Å². The number of benzene rings is 1. The van der Waals surface area contributed by atoms with Gasteiger partial charge in [0.05, 0.1) is 27.0 Å². The highest BCUT2D eigenvalue weighted by Crippen LogP contribution is 2.36. The molecule has 0 bridgehead atoms. The van der Waals surface area contributed by atoms with Crippen LogP contribution in [0.5, 0.6) is 11.6 Å². The number of pyridine rings is 1. The molecule has 182 valence electrons. The molecule has 6 nitrogen and oxygen atoms in total. The van der Waals surface area contributed by atoms with Gasteiger partial charge in [0.2, 0.25) is 5.88 Å². The van der Waals surface area contributed by atoms with Gasteiger partial charge in [-0.3, -0.25) is 4.79 Å². The van der Waals surface area contributed by atoms with Crippen molar-refractivity contribution in [2.24, 2.45) is 0 Å². The molecule has 1 aromatic carbocycles. The zero-order valence-electron chi connectivity index (χ0n) is 18.4. The van der Waals surface area contributed by atoms with Crippen molar-refractivity contribution in [3.8, 4) is 11.6 Å². The predicted octanol–water partition coefficient (Wildman–Crippen LogP) is 6.82. The number of hydrogen-bond donors (Lipinski definition) is 1. The summed E-state index contributed by atoms with van der Waals surface area (Å²) in [6.07, 6.45) is 1.78. The fourth-order valence-corrected chi connectivity index (χ4v) is 3.37. The molecule has 3 rings (SSSR count). The molecule has 0 spiro atoms. The lowest BCUT2D eigenvalue weighted by Crippen LogP contribution is -2.04. The van der Waals surface area contributed by atoms with Crippen molar-refractivity contribution >= 4 is 29.2 Å². The van der Waals surface area contributed by atoms with Gasteiger partial charge in [-0.15, -0.1) is 0 Å². The second-order valence-electron chi connectivity index (χ2n) is 7.06. The molecule has 0 saturated heterocycles. The zero-order chi connectivity index (χ0) is 25.3. The molecule has 0 unspecified atom stereocenters. The summed E-state index contributed by atoms with van der Waals surface area (Å²) in [6.45, 7) is 3.07. The van der Waals surface area contributed by atoms with Crippen LogP contribution in [-0.4, -0.2) is 26.0 Å². The number of halogens is 5. The van der Waals surface area contributed by atoms with Crippen molar-refractivity contribution < 1.29 is 27.8 Å². The van der Waals surface area contributed by atoms with Crippen LogP contribution >= 0.6 is 23.2 Å². The Labute approximate surface area is 204 Å². The minimum Gasteiger partial charge on any atom is -0.481 e. The highest BCUT2D eigenvalue weighted by molar-refractivity contribution is 6.32. The van der Waals surface area contributed by atoms with Crippen molar-refractivity contribution in [1.82, 2.24) is 15.0 Å². The summed E-state index contributed by atoms with van der Waals surface area (Å²) in [6, 6.07) is 6.41. The molecule has 0 fully saturated rings. The Morgan fingerprint density at radius 2 is 1.74 bits per heavy atom. The third-order valence-corrected chi connectivity index (χ3v) is 5.15. The largest absolute Gasteiger partial charge is 0.481 e. The topological polar surface area (TPSA) is 85.2 Å². The van der Waals surface area contributed by atoms with Gasteiger partial charge in [0.25, 0.3) is 5.97 Å². The first-order valence-electron chi connectivity index (χ1n) is 10.2. The maximum atomic E-state index is 12.7. The van der Waals surface area contributed by atoms with Gasteiger partial charge in [-0.25, -0.2) is 15.0 Å². The summed E-state index contributed by atoms with van der Waals surface area (Å²) in [5.74, 6) is -0.484. The normalized spacial score (nSPS) is 10.9. The van der Waals surface area contributed by atoms with Crippen molar-refractivity contribution in [2.75, 3.05) is 0 Å². The summed E-state index contributed by atoms with van der Waals surface area (Å²) in [5.41, 5.74) is 1.82. The van der Waals surface area contributed by atoms with Crippen molar-refractivity contribution in [3.63, 3.8) is 0 Å². The molecule has 0 amide bonds. The van der Waals surface area contributed by atoms with Crippen LogP contribution in [0.1, 0.15) is 42.8 Å². The summed E-state index contributed by atoms with van der Waals surface area (Å²) >= 11 is 12.2. The molecule has 0 aliphatic rings. The van der Waals surface area contributed by atoms with E-state index in [0.717, 1.165) is 55.3 Å². The van der Waals surface area contributed by atoms with Crippen LogP contribution in [0.25, 0.3) is 0 Å². The highest BCUT2D eigenvalue weighted by Gasteiger charge is 2.31. The van der Waals surface area contributed by atoms with Crippen LogP contribution in [0.4, 0.5) is 13.2 Å². The van der Waals surface area contributed by atoms with E-state index in [9.17, 15) is 13.2 Å². The third kappa shape index (κ3) is 8.46. The third-order valence-electron chi connectivity index (χ3n) is 4.42. The van der Waals surface area contributed by atoms with Gasteiger partial charge in [-0.1, -0.05) is 36.2 Å². The van der Waals surface area contributed by atoms with Crippen molar-refractivity contribution in [3.05, 3.63) is 75.4 Å². The fraction of sp³-hybridized carbons (Fsp3) is 0.304. The van der Waals surface area contributed by atoms with E-state index in [1.165, 1.54) is 12.4 Å². The summed E-state index contributed by atoms with van der Waals surface area (Å²) in [4.78, 5) is 21.6. The number of ether oxygens (including phenoxy) is 1. The highest BCUT2D eigenvalue weighted by atomic mass is 35.5. The number of aryl methyl sites for hydroxylation is 3. The SMILES string of the molecule is CC(=O)O.CCc1ncnc(CCCc2ccc(Oc3ccc(C(F)(F)F)cc3Cl)nc2)c1Cl. The summed E-state index contributed by atoms with van der Waals surface area (Å²) in [7, 11) is 0. The van der Waals surface area contributed by atoms with Gasteiger partial charge >= 0.3 is 6.18 Å². The molecule has 0 atom stereocenters. The monoisotopic (exact) mass is 515 g/mol. The smallest absolute Gasteiger partial charge is 0.416 e. The van der Waals surface area contributed by atoms with E-state index in [0.29, 0.717) is 11.4 Å². The molecule has 2 aromatic heterocycles. The molecule has 0 aliphatic carbocycles. The second kappa shape index (κ2) is 12.5. The number of hydrogen-bond acceptors (Lipinski definition) is 5. The van der Waals surface area contributed by atoms with E-state index in [2.05, 4.69) is 15.0 Å².